The summed E-state index contributed by atoms with van der Waals surface area (Å²) in [6.07, 6.45) is 2.03. The molecule has 0 N–H and O–H groups in total. The monoisotopic (exact) mass is 420 g/mol. The Balaban J connectivity index is 0.000000461. The molecular formula is C27H34P2. The SMILES string of the molecule is C=Cc1c(C)ccc2c1[pH]c1c2ccc2c3ccccc3[pH]c21.CC.CC.CC. The number of benzene rings is 3. The fourth-order valence-corrected chi connectivity index (χ4v) is 7.18. The molecule has 0 aliphatic carbocycles. The van der Waals surface area contributed by atoms with E-state index in [2.05, 4.69) is 62.0 Å². The molecule has 2 unspecified atom stereocenters. The molecule has 0 fully saturated rings. The first-order valence-electron chi connectivity index (χ1n) is 10.8. The van der Waals surface area contributed by atoms with Crippen molar-refractivity contribution in [3.05, 3.63) is 66.2 Å². The average Bonchev–Trinajstić information content (AvgIpc) is 3.36. The smallest absolute Gasteiger partial charge is 0.0110 e. The van der Waals surface area contributed by atoms with E-state index in [1.807, 2.05) is 47.6 Å². The molecule has 2 heterocycles. The van der Waals surface area contributed by atoms with Crippen LogP contribution in [0.4, 0.5) is 0 Å². The molecule has 0 spiro atoms. The van der Waals surface area contributed by atoms with Crippen LogP contribution in [0.15, 0.2) is 55.1 Å². The Kier molecular flexibility index (Phi) is 8.58. The molecule has 0 aliphatic heterocycles. The quantitative estimate of drug-likeness (QED) is 0.253. The molecule has 0 bridgehead atoms. The molecule has 0 amide bonds. The Morgan fingerprint density at radius 1 is 0.621 bits per heavy atom. The van der Waals surface area contributed by atoms with Crippen LogP contribution in [0, 0.1) is 6.92 Å². The predicted molar refractivity (Wildman–Crippen MR) is 144 cm³/mol. The third kappa shape index (κ3) is 4.02. The van der Waals surface area contributed by atoms with Crippen LogP contribution in [-0.4, -0.2) is 0 Å². The first-order chi connectivity index (χ1) is 14.3. The predicted octanol–water partition coefficient (Wildman–Crippen LogP) is 10.4. The number of hydrogen-bond acceptors (Lipinski definition) is 0. The average molecular weight is 421 g/mol. The van der Waals surface area contributed by atoms with Gasteiger partial charge in [-0.05, 0) is 44.7 Å². The Hall–Kier alpha value is -2.00. The second-order valence-electron chi connectivity index (χ2n) is 6.13. The van der Waals surface area contributed by atoms with Gasteiger partial charge in [-0.15, -0.1) is 16.4 Å². The summed E-state index contributed by atoms with van der Waals surface area (Å²) in [5.74, 6) is 0. The Morgan fingerprint density at radius 3 is 1.79 bits per heavy atom. The molecule has 0 nitrogen and oxygen atoms in total. The molecule has 0 radical (unpaired) electrons. The summed E-state index contributed by atoms with van der Waals surface area (Å²) in [6, 6.07) is 18.1. The van der Waals surface area contributed by atoms with Crippen molar-refractivity contribution in [3.8, 4) is 0 Å². The van der Waals surface area contributed by atoms with E-state index in [0.29, 0.717) is 0 Å². The zero-order valence-corrected chi connectivity index (χ0v) is 20.9. The van der Waals surface area contributed by atoms with Gasteiger partial charge in [-0.3, -0.25) is 0 Å². The molecule has 0 saturated carbocycles. The molecule has 29 heavy (non-hydrogen) atoms. The summed E-state index contributed by atoms with van der Waals surface area (Å²) in [5, 5.41) is 11.9. The fourth-order valence-electron chi connectivity index (χ4n) is 3.74. The summed E-state index contributed by atoms with van der Waals surface area (Å²) in [4.78, 5) is 0. The minimum atomic E-state index is 0.758. The van der Waals surface area contributed by atoms with Crippen molar-refractivity contribution in [1.29, 1.82) is 0 Å². The maximum Gasteiger partial charge on any atom is 0.0110 e. The molecule has 3 aromatic carbocycles. The van der Waals surface area contributed by atoms with Crippen molar-refractivity contribution in [2.75, 3.05) is 0 Å². The van der Waals surface area contributed by atoms with Crippen molar-refractivity contribution in [1.82, 2.24) is 0 Å². The van der Waals surface area contributed by atoms with Crippen LogP contribution in [0.3, 0.4) is 0 Å². The first-order valence-corrected chi connectivity index (χ1v) is 12.8. The van der Waals surface area contributed by atoms with Gasteiger partial charge in [0.1, 0.15) is 0 Å². The summed E-state index contributed by atoms with van der Waals surface area (Å²) in [7, 11) is 1.55. The molecule has 2 heteroatoms. The maximum absolute atomic E-state index is 4.04. The first kappa shape index (κ1) is 23.3. The highest BCUT2D eigenvalue weighted by Crippen LogP contribution is 2.49. The standard InChI is InChI=1S/C21H16P2.3C2H6/c1-3-13-12(2)8-9-16-17-11-10-15-14-6-4-5-7-18(14)22-20(15)21(17)23-19(13)16;3*1-2/h3-11,22-23H,1H2,2H3;3*1-2H3. The summed E-state index contributed by atoms with van der Waals surface area (Å²) >= 11 is 0. The highest BCUT2D eigenvalue weighted by Gasteiger charge is 2.12. The second kappa shape index (κ2) is 10.7. The van der Waals surface area contributed by atoms with E-state index in [0.717, 1.165) is 16.4 Å². The molecule has 2 aromatic heterocycles. The van der Waals surface area contributed by atoms with Gasteiger partial charge in [0.2, 0.25) is 0 Å². The van der Waals surface area contributed by atoms with Crippen LogP contribution >= 0.6 is 16.4 Å². The lowest BCUT2D eigenvalue weighted by Crippen LogP contribution is -1.79. The lowest BCUT2D eigenvalue weighted by Gasteiger charge is -2.01. The van der Waals surface area contributed by atoms with Crippen LogP contribution in [0.25, 0.3) is 48.1 Å². The minimum absolute atomic E-state index is 0.758. The van der Waals surface area contributed by atoms with Gasteiger partial charge in [-0.25, -0.2) is 0 Å². The topological polar surface area (TPSA) is 0 Å². The van der Waals surface area contributed by atoms with E-state index >= 15 is 0 Å². The van der Waals surface area contributed by atoms with Gasteiger partial charge in [0, 0.05) is 15.4 Å². The lowest BCUT2D eigenvalue weighted by atomic mass is 10.0. The highest BCUT2D eigenvalue weighted by molar-refractivity contribution is 7.50. The van der Waals surface area contributed by atoms with Crippen molar-refractivity contribution in [3.63, 3.8) is 0 Å². The normalized spacial score (nSPS) is 10.6. The molecule has 2 atom stereocenters. The second-order valence-corrected chi connectivity index (χ2v) is 8.67. The van der Waals surface area contributed by atoms with E-state index in [-0.39, 0.29) is 0 Å². The summed E-state index contributed by atoms with van der Waals surface area (Å²) in [5.41, 5.74) is 2.67. The van der Waals surface area contributed by atoms with Crippen LogP contribution in [-0.2, 0) is 0 Å². The molecule has 0 saturated heterocycles. The Morgan fingerprint density at radius 2 is 1.14 bits per heavy atom. The van der Waals surface area contributed by atoms with Crippen molar-refractivity contribution >= 4 is 64.5 Å². The van der Waals surface area contributed by atoms with E-state index < -0.39 is 0 Å². The van der Waals surface area contributed by atoms with Gasteiger partial charge in [0.25, 0.3) is 0 Å². The largest absolute Gasteiger partial charge is 0.122 e. The third-order valence-corrected chi connectivity index (χ3v) is 8.17. The molecular weight excluding hydrogens is 386 g/mol. The zero-order valence-electron chi connectivity index (χ0n) is 18.9. The number of fused-ring (bicyclic) bond motifs is 7. The maximum atomic E-state index is 4.04. The van der Waals surface area contributed by atoms with Gasteiger partial charge < -0.3 is 0 Å². The Bertz CT molecular complexity index is 1240. The van der Waals surface area contributed by atoms with Crippen LogP contribution in [0.1, 0.15) is 52.7 Å². The molecule has 152 valence electrons. The van der Waals surface area contributed by atoms with Gasteiger partial charge in [-0.2, -0.15) is 0 Å². The molecule has 0 aliphatic rings. The van der Waals surface area contributed by atoms with E-state index in [1.165, 1.54) is 42.9 Å². The zero-order chi connectivity index (χ0) is 21.6. The van der Waals surface area contributed by atoms with Crippen molar-refractivity contribution < 1.29 is 0 Å². The van der Waals surface area contributed by atoms with Crippen LogP contribution in [0.2, 0.25) is 0 Å². The van der Waals surface area contributed by atoms with E-state index in [1.54, 1.807) is 10.2 Å². The van der Waals surface area contributed by atoms with Crippen molar-refractivity contribution in [2.45, 2.75) is 48.5 Å². The molecule has 5 rings (SSSR count). The third-order valence-electron chi connectivity index (χ3n) is 4.89. The highest BCUT2D eigenvalue weighted by atomic mass is 31.0. The van der Waals surface area contributed by atoms with Crippen molar-refractivity contribution in [2.24, 2.45) is 0 Å². The van der Waals surface area contributed by atoms with Gasteiger partial charge in [0.05, 0.1) is 0 Å². The summed E-state index contributed by atoms with van der Waals surface area (Å²) in [6.45, 7) is 18.2. The van der Waals surface area contributed by atoms with E-state index in [9.17, 15) is 0 Å². The Labute approximate surface area is 179 Å². The molecule has 5 aromatic rings. The van der Waals surface area contributed by atoms with Gasteiger partial charge >= 0.3 is 0 Å². The van der Waals surface area contributed by atoms with Gasteiger partial charge in [-0.1, -0.05) is 103 Å². The number of rotatable bonds is 1. The van der Waals surface area contributed by atoms with Gasteiger partial charge in [0.15, 0.2) is 0 Å². The number of hydrogen-bond donors (Lipinski definition) is 0. The fraction of sp³-hybridized carbons (Fsp3) is 0.259. The lowest BCUT2D eigenvalue weighted by molar-refractivity contribution is 1.49. The summed E-state index contributed by atoms with van der Waals surface area (Å²) < 4.78 is 0. The minimum Gasteiger partial charge on any atom is -0.122 e. The number of aryl methyl sites for hydroxylation is 1. The van der Waals surface area contributed by atoms with Crippen LogP contribution in [0.5, 0.6) is 0 Å². The van der Waals surface area contributed by atoms with E-state index in [4.69, 9.17) is 0 Å². The van der Waals surface area contributed by atoms with Crippen LogP contribution < -0.4 is 0 Å².